The molecule has 2 heteroatoms. The number of hydrogen-bond acceptors (Lipinski definition) is 1. The number of carbonyl (C=O) groups is 1. The molecule has 0 N–H and O–H groups in total. The van der Waals surface area contributed by atoms with E-state index in [-0.39, 0.29) is 5.91 Å². The van der Waals surface area contributed by atoms with Gasteiger partial charge in [-0.1, -0.05) is 50.2 Å². The summed E-state index contributed by atoms with van der Waals surface area (Å²) < 4.78 is 0. The first-order valence-corrected chi connectivity index (χ1v) is 7.94. The van der Waals surface area contributed by atoms with Crippen molar-refractivity contribution >= 4 is 16.7 Å². The maximum Gasteiger partial charge on any atom is 0.254 e. The molecule has 0 unspecified atom stereocenters. The molecule has 0 bridgehead atoms. The average Bonchev–Trinajstić information content (AvgIpc) is 2.53. The second kappa shape index (κ2) is 5.88. The van der Waals surface area contributed by atoms with Crippen LogP contribution in [-0.2, 0) is 0 Å². The number of amides is 1. The molecule has 0 spiro atoms. The Hall–Kier alpha value is -1.83. The summed E-state index contributed by atoms with van der Waals surface area (Å²) in [5.74, 6) is 1.68. The number of carbonyl (C=O) groups excluding carboxylic acids is 1. The minimum atomic E-state index is 0.189. The van der Waals surface area contributed by atoms with Gasteiger partial charge in [-0.2, -0.15) is 0 Å². The SMILES string of the molecule is CC(C)C1CCN(C(=O)c2cccc3ccccc23)CC1. The molecule has 1 amide bonds. The molecule has 0 aromatic heterocycles. The van der Waals surface area contributed by atoms with Crippen molar-refractivity contribution in [2.45, 2.75) is 26.7 Å². The van der Waals surface area contributed by atoms with Crippen molar-refractivity contribution in [1.82, 2.24) is 4.90 Å². The summed E-state index contributed by atoms with van der Waals surface area (Å²) in [6, 6.07) is 14.1. The van der Waals surface area contributed by atoms with E-state index >= 15 is 0 Å². The molecule has 2 aromatic carbocycles. The van der Waals surface area contributed by atoms with Crippen LogP contribution in [0, 0.1) is 11.8 Å². The van der Waals surface area contributed by atoms with Gasteiger partial charge in [0.2, 0.25) is 0 Å². The van der Waals surface area contributed by atoms with Crippen LogP contribution in [0.2, 0.25) is 0 Å². The van der Waals surface area contributed by atoms with E-state index in [1.54, 1.807) is 0 Å². The Labute approximate surface area is 126 Å². The highest BCUT2D eigenvalue weighted by Crippen LogP contribution is 2.27. The lowest BCUT2D eigenvalue weighted by Crippen LogP contribution is -2.39. The molecule has 21 heavy (non-hydrogen) atoms. The summed E-state index contributed by atoms with van der Waals surface area (Å²) in [5.41, 5.74) is 0.844. The summed E-state index contributed by atoms with van der Waals surface area (Å²) >= 11 is 0. The van der Waals surface area contributed by atoms with E-state index in [9.17, 15) is 4.79 Å². The Kier molecular flexibility index (Phi) is 3.96. The lowest BCUT2D eigenvalue weighted by atomic mass is 9.86. The van der Waals surface area contributed by atoms with E-state index in [0.29, 0.717) is 0 Å². The molecule has 1 aliphatic rings. The number of hydrogen-bond donors (Lipinski definition) is 0. The number of fused-ring (bicyclic) bond motifs is 1. The zero-order chi connectivity index (χ0) is 14.8. The number of piperidine rings is 1. The Morgan fingerprint density at radius 2 is 1.71 bits per heavy atom. The highest BCUT2D eigenvalue weighted by Gasteiger charge is 2.25. The van der Waals surface area contributed by atoms with Gasteiger partial charge in [0, 0.05) is 18.7 Å². The summed E-state index contributed by atoms with van der Waals surface area (Å²) in [6.45, 7) is 6.36. The van der Waals surface area contributed by atoms with Crippen LogP contribution in [0.4, 0.5) is 0 Å². The lowest BCUT2D eigenvalue weighted by molar-refractivity contribution is 0.0669. The zero-order valence-corrected chi connectivity index (χ0v) is 12.9. The Morgan fingerprint density at radius 1 is 1.05 bits per heavy atom. The maximum atomic E-state index is 12.8. The summed E-state index contributed by atoms with van der Waals surface area (Å²) in [7, 11) is 0. The Balaban J connectivity index is 1.82. The summed E-state index contributed by atoms with van der Waals surface area (Å²) in [5, 5.41) is 2.20. The predicted octanol–water partition coefficient (Wildman–Crippen LogP) is 4.35. The molecule has 0 radical (unpaired) electrons. The van der Waals surface area contributed by atoms with Gasteiger partial charge in [0.05, 0.1) is 0 Å². The van der Waals surface area contributed by atoms with E-state index < -0.39 is 0 Å². The minimum absolute atomic E-state index is 0.189. The third-order valence-electron chi connectivity index (χ3n) is 4.79. The maximum absolute atomic E-state index is 12.8. The monoisotopic (exact) mass is 281 g/mol. The van der Waals surface area contributed by atoms with Gasteiger partial charge in [-0.25, -0.2) is 0 Å². The van der Waals surface area contributed by atoms with Crippen molar-refractivity contribution in [2.75, 3.05) is 13.1 Å². The van der Waals surface area contributed by atoms with E-state index in [2.05, 4.69) is 26.0 Å². The minimum Gasteiger partial charge on any atom is -0.339 e. The van der Waals surface area contributed by atoms with Crippen molar-refractivity contribution in [3.63, 3.8) is 0 Å². The van der Waals surface area contributed by atoms with Crippen molar-refractivity contribution in [3.05, 3.63) is 48.0 Å². The largest absolute Gasteiger partial charge is 0.339 e. The van der Waals surface area contributed by atoms with Crippen LogP contribution in [0.15, 0.2) is 42.5 Å². The molecule has 1 heterocycles. The van der Waals surface area contributed by atoms with Gasteiger partial charge in [0.15, 0.2) is 0 Å². The van der Waals surface area contributed by atoms with E-state index in [4.69, 9.17) is 0 Å². The normalized spacial score (nSPS) is 16.6. The van der Waals surface area contributed by atoms with Crippen molar-refractivity contribution in [2.24, 2.45) is 11.8 Å². The highest BCUT2D eigenvalue weighted by atomic mass is 16.2. The van der Waals surface area contributed by atoms with E-state index in [1.807, 2.05) is 35.2 Å². The molecular weight excluding hydrogens is 258 g/mol. The molecule has 0 aliphatic carbocycles. The van der Waals surface area contributed by atoms with Gasteiger partial charge in [-0.15, -0.1) is 0 Å². The second-order valence-electron chi connectivity index (χ2n) is 6.40. The first-order chi connectivity index (χ1) is 10.2. The lowest BCUT2D eigenvalue weighted by Gasteiger charge is -2.34. The first-order valence-electron chi connectivity index (χ1n) is 7.94. The molecule has 1 saturated heterocycles. The third kappa shape index (κ3) is 2.80. The van der Waals surface area contributed by atoms with Crippen LogP contribution in [0.5, 0.6) is 0 Å². The summed E-state index contributed by atoms with van der Waals surface area (Å²) in [6.07, 6.45) is 2.27. The van der Waals surface area contributed by atoms with Gasteiger partial charge in [-0.05, 0) is 41.5 Å². The predicted molar refractivity (Wildman–Crippen MR) is 87.4 cm³/mol. The topological polar surface area (TPSA) is 20.3 Å². The fraction of sp³-hybridized carbons (Fsp3) is 0.421. The molecule has 0 saturated carbocycles. The van der Waals surface area contributed by atoms with Crippen LogP contribution in [0.1, 0.15) is 37.0 Å². The van der Waals surface area contributed by atoms with Crippen LogP contribution >= 0.6 is 0 Å². The smallest absolute Gasteiger partial charge is 0.254 e. The van der Waals surface area contributed by atoms with Gasteiger partial charge in [0.25, 0.3) is 5.91 Å². The molecular formula is C19H23NO. The van der Waals surface area contributed by atoms with Gasteiger partial charge in [0.1, 0.15) is 0 Å². The third-order valence-corrected chi connectivity index (χ3v) is 4.79. The molecule has 2 nitrogen and oxygen atoms in total. The van der Waals surface area contributed by atoms with Crippen LogP contribution < -0.4 is 0 Å². The summed E-state index contributed by atoms with van der Waals surface area (Å²) in [4.78, 5) is 14.8. The van der Waals surface area contributed by atoms with Gasteiger partial charge < -0.3 is 4.90 Å². The molecule has 110 valence electrons. The highest BCUT2D eigenvalue weighted by molar-refractivity contribution is 6.07. The second-order valence-corrected chi connectivity index (χ2v) is 6.40. The number of benzene rings is 2. The quantitative estimate of drug-likeness (QED) is 0.801. The number of nitrogens with zero attached hydrogens (tertiary/aromatic N) is 1. The fourth-order valence-electron chi connectivity index (χ4n) is 3.35. The molecule has 0 atom stereocenters. The molecule has 1 aliphatic heterocycles. The van der Waals surface area contributed by atoms with E-state index in [0.717, 1.165) is 54.1 Å². The first kappa shape index (κ1) is 14.1. The van der Waals surface area contributed by atoms with Crippen molar-refractivity contribution in [3.8, 4) is 0 Å². The van der Waals surface area contributed by atoms with Crippen LogP contribution in [0.3, 0.4) is 0 Å². The molecule has 2 aromatic rings. The van der Waals surface area contributed by atoms with E-state index in [1.165, 1.54) is 0 Å². The van der Waals surface area contributed by atoms with Gasteiger partial charge >= 0.3 is 0 Å². The van der Waals surface area contributed by atoms with Crippen LogP contribution in [-0.4, -0.2) is 23.9 Å². The van der Waals surface area contributed by atoms with Gasteiger partial charge in [-0.3, -0.25) is 4.79 Å². The van der Waals surface area contributed by atoms with Crippen molar-refractivity contribution < 1.29 is 4.79 Å². The fourth-order valence-corrected chi connectivity index (χ4v) is 3.35. The number of likely N-dealkylation sites (tertiary alicyclic amines) is 1. The van der Waals surface area contributed by atoms with Crippen LogP contribution in [0.25, 0.3) is 10.8 Å². The molecule has 3 rings (SSSR count). The Morgan fingerprint density at radius 3 is 2.43 bits per heavy atom. The molecule has 1 fully saturated rings. The number of rotatable bonds is 2. The Bertz CT molecular complexity index is 634. The standard InChI is InChI=1S/C19H23NO/c1-14(2)15-10-12-20(13-11-15)19(21)18-9-5-7-16-6-3-4-8-17(16)18/h3-9,14-15H,10-13H2,1-2H3. The average molecular weight is 281 g/mol. The van der Waals surface area contributed by atoms with Crippen molar-refractivity contribution in [1.29, 1.82) is 0 Å². The zero-order valence-electron chi connectivity index (χ0n) is 12.9.